The lowest BCUT2D eigenvalue weighted by Crippen LogP contribution is -2.36. The minimum atomic E-state index is -0.655. The summed E-state index contributed by atoms with van der Waals surface area (Å²) in [6, 6.07) is 5.16. The van der Waals surface area contributed by atoms with Gasteiger partial charge in [-0.2, -0.15) is 0 Å². The summed E-state index contributed by atoms with van der Waals surface area (Å²) < 4.78 is 1.43. The fourth-order valence-electron chi connectivity index (χ4n) is 3.07. The van der Waals surface area contributed by atoms with E-state index in [9.17, 15) is 14.4 Å². The Balaban J connectivity index is 2.00. The number of H-pyrrole nitrogens is 1. The van der Waals surface area contributed by atoms with Crippen LogP contribution >= 0.6 is 0 Å². The monoisotopic (exact) mass is 329 g/mol. The van der Waals surface area contributed by atoms with E-state index in [-0.39, 0.29) is 5.91 Å². The van der Waals surface area contributed by atoms with E-state index < -0.39 is 11.1 Å². The van der Waals surface area contributed by atoms with Crippen LogP contribution in [-0.2, 0) is 6.54 Å². The van der Waals surface area contributed by atoms with Crippen LogP contribution in [0.1, 0.15) is 43.5 Å². The molecular formula is C18H23N3O3. The molecule has 1 fully saturated rings. The van der Waals surface area contributed by atoms with Crippen LogP contribution in [0.5, 0.6) is 0 Å². The maximum atomic E-state index is 12.8. The Morgan fingerprint density at radius 3 is 2.67 bits per heavy atom. The van der Waals surface area contributed by atoms with Gasteiger partial charge in [0.25, 0.3) is 5.91 Å². The van der Waals surface area contributed by atoms with Crippen molar-refractivity contribution in [2.45, 2.75) is 39.7 Å². The van der Waals surface area contributed by atoms with Crippen molar-refractivity contribution in [3.05, 3.63) is 44.5 Å². The van der Waals surface area contributed by atoms with Crippen LogP contribution in [0.25, 0.3) is 11.0 Å². The summed E-state index contributed by atoms with van der Waals surface area (Å²) in [7, 11) is 0. The Kier molecular flexibility index (Phi) is 4.55. The van der Waals surface area contributed by atoms with Crippen LogP contribution in [0.4, 0.5) is 0 Å². The maximum absolute atomic E-state index is 12.8. The minimum absolute atomic E-state index is 0.0132. The lowest BCUT2D eigenvalue weighted by Gasteiger charge is -2.22. The number of aryl methyl sites for hydroxylation is 1. The molecule has 6 heteroatoms. The van der Waals surface area contributed by atoms with Gasteiger partial charge in [0.15, 0.2) is 0 Å². The lowest BCUT2D eigenvalue weighted by atomic mass is 10.1. The summed E-state index contributed by atoms with van der Waals surface area (Å²) >= 11 is 0. The first-order valence-electron chi connectivity index (χ1n) is 8.61. The summed E-state index contributed by atoms with van der Waals surface area (Å²) in [6.07, 6.45) is 3.31. The first kappa shape index (κ1) is 16.5. The van der Waals surface area contributed by atoms with Crippen LogP contribution in [0.3, 0.4) is 0 Å². The molecule has 1 N–H and O–H groups in total. The molecule has 128 valence electrons. The van der Waals surface area contributed by atoms with Gasteiger partial charge in [0, 0.05) is 25.2 Å². The molecule has 1 aliphatic carbocycles. The highest BCUT2D eigenvalue weighted by Gasteiger charge is 2.27. The Morgan fingerprint density at radius 2 is 2.04 bits per heavy atom. The average molecular weight is 329 g/mol. The second-order valence-corrected chi connectivity index (χ2v) is 6.43. The smallest absolute Gasteiger partial charge is 0.316 e. The number of hydrogen-bond donors (Lipinski definition) is 1. The summed E-state index contributed by atoms with van der Waals surface area (Å²) in [5.74, 6) is 0.617. The Morgan fingerprint density at radius 1 is 1.29 bits per heavy atom. The molecular weight excluding hydrogens is 306 g/mol. The number of carbonyl (C=O) groups is 1. The molecule has 0 radical (unpaired) electrons. The van der Waals surface area contributed by atoms with E-state index in [2.05, 4.69) is 11.9 Å². The molecule has 24 heavy (non-hydrogen) atoms. The summed E-state index contributed by atoms with van der Waals surface area (Å²) in [6.45, 7) is 5.83. The molecule has 6 nitrogen and oxygen atoms in total. The fraction of sp³-hybridized carbons (Fsp3) is 0.500. The molecule has 1 heterocycles. The van der Waals surface area contributed by atoms with E-state index in [1.165, 1.54) is 17.4 Å². The molecule has 0 saturated heterocycles. The number of aromatic nitrogens is 2. The number of rotatable bonds is 6. The molecule has 1 aromatic heterocycles. The van der Waals surface area contributed by atoms with E-state index >= 15 is 0 Å². The highest BCUT2D eigenvalue weighted by Crippen LogP contribution is 2.30. The number of nitrogens with zero attached hydrogens (tertiary/aromatic N) is 2. The summed E-state index contributed by atoms with van der Waals surface area (Å²) in [5.41, 5.74) is 0.495. The molecule has 2 aromatic rings. The SMILES string of the molecule is CCCN(CC1CC1)C(=O)c1ccc2c(c1)[nH]c(=O)c(=O)n2CC. The van der Waals surface area contributed by atoms with Crippen molar-refractivity contribution < 1.29 is 4.79 Å². The third-order valence-electron chi connectivity index (χ3n) is 4.49. The predicted octanol–water partition coefficient (Wildman–Crippen LogP) is 1.97. The number of aromatic amines is 1. The van der Waals surface area contributed by atoms with Gasteiger partial charge in [-0.15, -0.1) is 0 Å². The molecule has 1 amide bonds. The van der Waals surface area contributed by atoms with E-state index in [1.54, 1.807) is 18.2 Å². The van der Waals surface area contributed by atoms with Gasteiger partial charge < -0.3 is 14.5 Å². The van der Waals surface area contributed by atoms with Crippen molar-refractivity contribution >= 4 is 16.9 Å². The minimum Gasteiger partial charge on any atom is -0.338 e. The van der Waals surface area contributed by atoms with Gasteiger partial charge in [0.05, 0.1) is 11.0 Å². The van der Waals surface area contributed by atoms with E-state index in [1.807, 2.05) is 11.8 Å². The highest BCUT2D eigenvalue weighted by atomic mass is 16.2. The van der Waals surface area contributed by atoms with E-state index in [0.717, 1.165) is 19.5 Å². The van der Waals surface area contributed by atoms with Gasteiger partial charge in [-0.05, 0) is 50.3 Å². The standard InChI is InChI=1S/C18H23N3O3/c1-3-9-20(11-12-5-6-12)17(23)13-7-8-15-14(10-13)19-16(22)18(24)21(15)4-2/h7-8,10,12H,3-6,9,11H2,1-2H3,(H,19,22). The number of fused-ring (bicyclic) bond motifs is 1. The third-order valence-corrected chi connectivity index (χ3v) is 4.49. The molecule has 3 rings (SSSR count). The van der Waals surface area contributed by atoms with Gasteiger partial charge in [-0.1, -0.05) is 6.92 Å². The second-order valence-electron chi connectivity index (χ2n) is 6.43. The van der Waals surface area contributed by atoms with Crippen molar-refractivity contribution in [3.8, 4) is 0 Å². The van der Waals surface area contributed by atoms with Crippen molar-refractivity contribution in [3.63, 3.8) is 0 Å². The third kappa shape index (κ3) is 3.13. The maximum Gasteiger partial charge on any atom is 0.316 e. The first-order valence-corrected chi connectivity index (χ1v) is 8.61. The summed E-state index contributed by atoms with van der Waals surface area (Å²) in [5, 5.41) is 0. The largest absolute Gasteiger partial charge is 0.338 e. The number of benzene rings is 1. The Bertz CT molecular complexity index is 877. The van der Waals surface area contributed by atoms with Crippen LogP contribution < -0.4 is 11.1 Å². The highest BCUT2D eigenvalue weighted by molar-refractivity contribution is 5.97. The first-order chi connectivity index (χ1) is 11.5. The zero-order valence-electron chi connectivity index (χ0n) is 14.2. The van der Waals surface area contributed by atoms with Crippen molar-refractivity contribution in [2.24, 2.45) is 5.92 Å². The van der Waals surface area contributed by atoms with Gasteiger partial charge >= 0.3 is 11.1 Å². The zero-order chi connectivity index (χ0) is 17.3. The van der Waals surface area contributed by atoms with Crippen LogP contribution in [0.15, 0.2) is 27.8 Å². The summed E-state index contributed by atoms with van der Waals surface area (Å²) in [4.78, 5) is 41.0. The topological polar surface area (TPSA) is 75.2 Å². The molecule has 0 atom stereocenters. The van der Waals surface area contributed by atoms with Gasteiger partial charge in [0.2, 0.25) is 0 Å². The average Bonchev–Trinajstić information content (AvgIpc) is 3.39. The molecule has 1 aliphatic rings. The zero-order valence-corrected chi connectivity index (χ0v) is 14.2. The number of hydrogen-bond acceptors (Lipinski definition) is 3. The van der Waals surface area contributed by atoms with E-state index in [4.69, 9.17) is 0 Å². The Labute approximate surface area is 140 Å². The van der Waals surface area contributed by atoms with Gasteiger partial charge in [0.1, 0.15) is 0 Å². The van der Waals surface area contributed by atoms with Crippen molar-refractivity contribution in [1.82, 2.24) is 14.5 Å². The van der Waals surface area contributed by atoms with Crippen molar-refractivity contribution in [2.75, 3.05) is 13.1 Å². The van der Waals surface area contributed by atoms with Crippen molar-refractivity contribution in [1.29, 1.82) is 0 Å². The van der Waals surface area contributed by atoms with Gasteiger partial charge in [-0.25, -0.2) is 0 Å². The molecule has 0 bridgehead atoms. The fourth-order valence-corrected chi connectivity index (χ4v) is 3.07. The lowest BCUT2D eigenvalue weighted by molar-refractivity contribution is 0.0748. The molecule has 0 unspecified atom stereocenters. The molecule has 1 saturated carbocycles. The normalized spacial score (nSPS) is 14.1. The molecule has 0 aliphatic heterocycles. The predicted molar refractivity (Wildman–Crippen MR) is 93.4 cm³/mol. The van der Waals surface area contributed by atoms with Crippen LogP contribution in [0, 0.1) is 5.92 Å². The van der Waals surface area contributed by atoms with Crippen LogP contribution in [0.2, 0.25) is 0 Å². The Hall–Kier alpha value is -2.37. The number of amides is 1. The number of nitrogens with one attached hydrogen (secondary N) is 1. The van der Waals surface area contributed by atoms with E-state index in [0.29, 0.717) is 29.1 Å². The molecule has 1 aromatic carbocycles. The van der Waals surface area contributed by atoms with Crippen LogP contribution in [-0.4, -0.2) is 33.4 Å². The quantitative estimate of drug-likeness (QED) is 0.823. The second kappa shape index (κ2) is 6.63. The number of carbonyl (C=O) groups excluding carboxylic acids is 1. The van der Waals surface area contributed by atoms with Gasteiger partial charge in [-0.3, -0.25) is 14.4 Å². The molecule has 0 spiro atoms.